The van der Waals surface area contributed by atoms with Crippen molar-refractivity contribution in [1.29, 1.82) is 0 Å². The average Bonchev–Trinajstić information content (AvgIpc) is 2.75. The highest BCUT2D eigenvalue weighted by atomic mass is 32.2. The van der Waals surface area contributed by atoms with E-state index in [1.807, 2.05) is 6.92 Å². The van der Waals surface area contributed by atoms with Crippen LogP contribution in [0.25, 0.3) is 0 Å². The molecule has 0 aliphatic heterocycles. The van der Waals surface area contributed by atoms with Crippen molar-refractivity contribution in [3.8, 4) is 0 Å². The molecular weight excluding hydrogens is 266 g/mol. The van der Waals surface area contributed by atoms with Crippen LogP contribution in [0.15, 0.2) is 35.4 Å². The number of nitrogens with zero attached hydrogens (tertiary/aromatic N) is 3. The maximum atomic E-state index is 11.9. The summed E-state index contributed by atoms with van der Waals surface area (Å²) in [4.78, 5) is 1.58. The van der Waals surface area contributed by atoms with E-state index in [1.165, 1.54) is 16.9 Å². The van der Waals surface area contributed by atoms with Crippen molar-refractivity contribution in [3.05, 3.63) is 41.7 Å². The third-order valence-electron chi connectivity index (χ3n) is 2.55. The molecule has 102 valence electrons. The summed E-state index contributed by atoms with van der Waals surface area (Å²) >= 11 is 0. The van der Waals surface area contributed by atoms with Gasteiger partial charge in [0.1, 0.15) is 0 Å². The second-order valence-corrected chi connectivity index (χ2v) is 5.78. The molecule has 0 unspecified atom stereocenters. The number of hydrogen-bond acceptors (Lipinski definition) is 5. The molecule has 2 aromatic rings. The summed E-state index contributed by atoms with van der Waals surface area (Å²) in [5, 5.41) is 7.95. The maximum absolute atomic E-state index is 11.9. The first kappa shape index (κ1) is 13.7. The first-order chi connectivity index (χ1) is 8.97. The van der Waals surface area contributed by atoms with Gasteiger partial charge in [-0.1, -0.05) is 17.7 Å². The molecule has 0 atom stereocenters. The Hall–Kier alpha value is -1.73. The summed E-state index contributed by atoms with van der Waals surface area (Å²) in [6.45, 7) is 1.94. The molecular formula is C12H15N3O3S. The third-order valence-corrected chi connectivity index (χ3v) is 3.88. The first-order valence-electron chi connectivity index (χ1n) is 5.79. The monoisotopic (exact) mass is 281 g/mol. The summed E-state index contributed by atoms with van der Waals surface area (Å²) in [6.07, 6.45) is 1.99. The van der Waals surface area contributed by atoms with E-state index < -0.39 is 10.1 Å². The average molecular weight is 281 g/mol. The Morgan fingerprint density at radius 3 is 2.53 bits per heavy atom. The van der Waals surface area contributed by atoms with E-state index in [2.05, 4.69) is 10.2 Å². The summed E-state index contributed by atoms with van der Waals surface area (Å²) in [5.41, 5.74) is 1.69. The quantitative estimate of drug-likeness (QED) is 0.766. The second-order valence-electron chi connectivity index (χ2n) is 4.16. The van der Waals surface area contributed by atoms with Gasteiger partial charge in [0.15, 0.2) is 0 Å². The highest BCUT2D eigenvalue weighted by Crippen LogP contribution is 2.13. The minimum Gasteiger partial charge on any atom is -0.266 e. The van der Waals surface area contributed by atoms with Gasteiger partial charge in [-0.15, -0.1) is 0 Å². The molecule has 0 radical (unpaired) electrons. The van der Waals surface area contributed by atoms with Crippen LogP contribution in [0.2, 0.25) is 0 Å². The zero-order valence-electron chi connectivity index (χ0n) is 10.8. The van der Waals surface area contributed by atoms with E-state index in [0.717, 1.165) is 5.56 Å². The highest BCUT2D eigenvalue weighted by molar-refractivity contribution is 7.86. The summed E-state index contributed by atoms with van der Waals surface area (Å²) < 4.78 is 28.7. The first-order valence-corrected chi connectivity index (χ1v) is 7.19. The van der Waals surface area contributed by atoms with Gasteiger partial charge in [0.2, 0.25) is 0 Å². The molecule has 1 heterocycles. The van der Waals surface area contributed by atoms with E-state index in [-0.39, 0.29) is 11.5 Å². The number of aryl methyl sites for hydroxylation is 2. The zero-order chi connectivity index (χ0) is 13.9. The minimum absolute atomic E-state index is 0.0505. The molecule has 1 aromatic heterocycles. The fourth-order valence-corrected chi connectivity index (χ4v) is 2.44. The van der Waals surface area contributed by atoms with Crippen LogP contribution in [0.5, 0.6) is 0 Å². The van der Waals surface area contributed by atoms with Crippen molar-refractivity contribution in [1.82, 2.24) is 15.0 Å². The summed E-state index contributed by atoms with van der Waals surface area (Å²) in [7, 11) is -1.99. The zero-order valence-corrected chi connectivity index (χ0v) is 11.6. The number of aromatic nitrogens is 3. The van der Waals surface area contributed by atoms with Gasteiger partial charge in [-0.2, -0.15) is 23.4 Å². The molecule has 0 spiro atoms. The van der Waals surface area contributed by atoms with Gasteiger partial charge in [0, 0.05) is 13.5 Å². The number of benzene rings is 1. The Kier molecular flexibility index (Phi) is 3.96. The molecule has 0 N–H and O–H groups in total. The van der Waals surface area contributed by atoms with E-state index in [1.54, 1.807) is 25.4 Å². The van der Waals surface area contributed by atoms with Gasteiger partial charge in [-0.3, -0.25) is 4.18 Å². The molecule has 7 heteroatoms. The molecule has 0 saturated heterocycles. The molecule has 2 rings (SSSR count). The van der Waals surface area contributed by atoms with Crippen LogP contribution in [-0.4, -0.2) is 30.0 Å². The Morgan fingerprint density at radius 1 is 1.26 bits per heavy atom. The summed E-state index contributed by atoms with van der Waals surface area (Å²) in [6, 6.07) is 6.54. The van der Waals surface area contributed by atoms with Crippen molar-refractivity contribution in [2.75, 3.05) is 6.61 Å². The lowest BCUT2D eigenvalue weighted by Gasteiger charge is -2.04. The molecule has 6 nitrogen and oxygen atoms in total. The number of rotatable bonds is 5. The van der Waals surface area contributed by atoms with Crippen molar-refractivity contribution < 1.29 is 12.6 Å². The van der Waals surface area contributed by atoms with Crippen molar-refractivity contribution >= 4 is 10.1 Å². The van der Waals surface area contributed by atoms with Crippen molar-refractivity contribution in [2.45, 2.75) is 18.2 Å². The van der Waals surface area contributed by atoms with Gasteiger partial charge in [0.25, 0.3) is 10.1 Å². The predicted octanol–water partition coefficient (Wildman–Crippen LogP) is 1.07. The highest BCUT2D eigenvalue weighted by Gasteiger charge is 2.14. The van der Waals surface area contributed by atoms with Gasteiger partial charge >= 0.3 is 0 Å². The lowest BCUT2D eigenvalue weighted by Crippen LogP contribution is -2.09. The van der Waals surface area contributed by atoms with Crippen molar-refractivity contribution in [3.63, 3.8) is 0 Å². The van der Waals surface area contributed by atoms with Crippen LogP contribution in [0, 0.1) is 6.92 Å². The minimum atomic E-state index is -3.70. The van der Waals surface area contributed by atoms with Crippen LogP contribution in [0.1, 0.15) is 11.3 Å². The predicted molar refractivity (Wildman–Crippen MR) is 69.0 cm³/mol. The lowest BCUT2D eigenvalue weighted by atomic mass is 10.2. The smallest absolute Gasteiger partial charge is 0.266 e. The standard InChI is InChI=1S/C12H15N3O3S/c1-10-3-5-12(6-4-10)19(16,17)18-8-7-11-9-13-15(2)14-11/h3-6,9H,7-8H2,1-2H3. The Morgan fingerprint density at radius 2 is 1.95 bits per heavy atom. The number of hydrogen-bond donors (Lipinski definition) is 0. The van der Waals surface area contributed by atoms with Gasteiger partial charge < -0.3 is 0 Å². The Labute approximate surface area is 112 Å². The molecule has 0 aliphatic carbocycles. The van der Waals surface area contributed by atoms with Crippen LogP contribution < -0.4 is 0 Å². The van der Waals surface area contributed by atoms with Crippen molar-refractivity contribution in [2.24, 2.45) is 7.05 Å². The van der Waals surface area contributed by atoms with Gasteiger partial charge in [0.05, 0.1) is 23.4 Å². The Balaban J connectivity index is 1.96. The van der Waals surface area contributed by atoms with Crippen LogP contribution in [0.4, 0.5) is 0 Å². The molecule has 0 saturated carbocycles. The topological polar surface area (TPSA) is 74.1 Å². The van der Waals surface area contributed by atoms with Crippen LogP contribution >= 0.6 is 0 Å². The molecule has 1 aromatic carbocycles. The SMILES string of the molecule is Cc1ccc(S(=O)(=O)OCCc2cnn(C)n2)cc1. The van der Waals surface area contributed by atoms with E-state index in [9.17, 15) is 8.42 Å². The van der Waals surface area contributed by atoms with Crippen LogP contribution in [-0.2, 0) is 27.8 Å². The maximum Gasteiger partial charge on any atom is 0.296 e. The fourth-order valence-electron chi connectivity index (χ4n) is 1.53. The molecule has 0 aliphatic rings. The fraction of sp³-hybridized carbons (Fsp3) is 0.333. The summed E-state index contributed by atoms with van der Waals surface area (Å²) in [5.74, 6) is 0. The second kappa shape index (κ2) is 5.50. The van der Waals surface area contributed by atoms with Gasteiger partial charge in [-0.25, -0.2) is 0 Å². The molecule has 0 fully saturated rings. The lowest BCUT2D eigenvalue weighted by molar-refractivity contribution is 0.320. The normalized spacial score (nSPS) is 11.7. The molecule has 0 amide bonds. The Bertz CT molecular complexity index is 647. The van der Waals surface area contributed by atoms with E-state index in [4.69, 9.17) is 4.18 Å². The molecule has 0 bridgehead atoms. The largest absolute Gasteiger partial charge is 0.296 e. The van der Waals surface area contributed by atoms with E-state index >= 15 is 0 Å². The van der Waals surface area contributed by atoms with Gasteiger partial charge in [-0.05, 0) is 19.1 Å². The van der Waals surface area contributed by atoms with Crippen LogP contribution in [0.3, 0.4) is 0 Å². The molecule has 19 heavy (non-hydrogen) atoms. The van der Waals surface area contributed by atoms with E-state index in [0.29, 0.717) is 12.1 Å². The third kappa shape index (κ3) is 3.62.